The molecule has 2 aromatic carbocycles. The largest absolute Gasteiger partial charge is 0.454 e. The van der Waals surface area contributed by atoms with Gasteiger partial charge in [-0.25, -0.2) is 9.18 Å². The quantitative estimate of drug-likeness (QED) is 0.898. The maximum atomic E-state index is 13.3. The zero-order valence-electron chi connectivity index (χ0n) is 12.7. The first-order valence-corrected chi connectivity index (χ1v) is 8.60. The van der Waals surface area contributed by atoms with Gasteiger partial charge in [0.1, 0.15) is 11.2 Å². The normalized spacial score (nSPS) is 18.7. The van der Waals surface area contributed by atoms with Crippen LogP contribution in [-0.4, -0.2) is 30.0 Å². The van der Waals surface area contributed by atoms with E-state index in [4.69, 9.17) is 9.47 Å². The minimum absolute atomic E-state index is 0.104. The Morgan fingerprint density at radius 1 is 1.21 bits per heavy atom. The Hall–Kier alpha value is -2.41. The number of rotatable bonds is 2. The van der Waals surface area contributed by atoms with Crippen LogP contribution in [0.5, 0.6) is 11.5 Å². The predicted octanol–water partition coefficient (Wildman–Crippen LogP) is 3.83. The zero-order valence-corrected chi connectivity index (χ0v) is 13.5. The van der Waals surface area contributed by atoms with E-state index in [1.54, 1.807) is 28.8 Å². The van der Waals surface area contributed by atoms with Crippen LogP contribution >= 0.6 is 11.8 Å². The molecule has 1 N–H and O–H groups in total. The van der Waals surface area contributed by atoms with Crippen molar-refractivity contribution in [1.29, 1.82) is 0 Å². The first-order chi connectivity index (χ1) is 11.7. The van der Waals surface area contributed by atoms with E-state index in [0.29, 0.717) is 18.0 Å². The SMILES string of the molecule is O=C(Nc1cccc(F)c1)N1CCSC1c1ccc2c(c1)OCO2. The van der Waals surface area contributed by atoms with Gasteiger partial charge in [-0.15, -0.1) is 11.8 Å². The molecule has 24 heavy (non-hydrogen) atoms. The molecule has 0 radical (unpaired) electrons. The summed E-state index contributed by atoms with van der Waals surface area (Å²) in [6.45, 7) is 0.852. The molecule has 1 saturated heterocycles. The van der Waals surface area contributed by atoms with Crippen LogP contribution in [0.2, 0.25) is 0 Å². The van der Waals surface area contributed by atoms with Gasteiger partial charge in [0.2, 0.25) is 6.79 Å². The second kappa shape index (κ2) is 6.24. The van der Waals surface area contributed by atoms with E-state index in [9.17, 15) is 9.18 Å². The minimum atomic E-state index is -0.379. The lowest BCUT2D eigenvalue weighted by molar-refractivity contribution is 0.174. The number of thioether (sulfide) groups is 1. The van der Waals surface area contributed by atoms with Gasteiger partial charge in [-0.2, -0.15) is 0 Å². The molecule has 0 bridgehead atoms. The summed E-state index contributed by atoms with van der Waals surface area (Å²) < 4.78 is 24.0. The molecule has 0 saturated carbocycles. The predicted molar refractivity (Wildman–Crippen MR) is 89.9 cm³/mol. The van der Waals surface area contributed by atoms with Crippen molar-refractivity contribution < 1.29 is 18.7 Å². The number of hydrogen-bond donors (Lipinski definition) is 1. The molecular formula is C17H15FN2O3S. The van der Waals surface area contributed by atoms with Crippen LogP contribution in [0.1, 0.15) is 10.9 Å². The molecule has 7 heteroatoms. The van der Waals surface area contributed by atoms with Gasteiger partial charge in [0, 0.05) is 18.0 Å². The van der Waals surface area contributed by atoms with Gasteiger partial charge in [0.05, 0.1) is 0 Å². The second-order valence-corrected chi connectivity index (χ2v) is 6.66. The van der Waals surface area contributed by atoms with E-state index in [-0.39, 0.29) is 24.0 Å². The number of halogens is 1. The molecule has 5 nitrogen and oxygen atoms in total. The van der Waals surface area contributed by atoms with E-state index in [1.807, 2.05) is 18.2 Å². The third-order valence-electron chi connectivity index (χ3n) is 3.91. The van der Waals surface area contributed by atoms with Crippen molar-refractivity contribution in [3.8, 4) is 11.5 Å². The molecule has 1 fully saturated rings. The summed E-state index contributed by atoms with van der Waals surface area (Å²) >= 11 is 1.69. The molecule has 2 heterocycles. The van der Waals surface area contributed by atoms with Crippen molar-refractivity contribution in [2.75, 3.05) is 24.4 Å². The first kappa shape index (κ1) is 15.1. The van der Waals surface area contributed by atoms with E-state index in [0.717, 1.165) is 17.1 Å². The maximum absolute atomic E-state index is 13.3. The number of carbonyl (C=O) groups excluding carboxylic acids is 1. The molecule has 124 valence electrons. The number of nitrogens with zero attached hydrogens (tertiary/aromatic N) is 1. The van der Waals surface area contributed by atoms with Crippen LogP contribution in [0, 0.1) is 5.82 Å². The average molecular weight is 346 g/mol. The fourth-order valence-corrected chi connectivity index (χ4v) is 4.03. The monoisotopic (exact) mass is 346 g/mol. The molecule has 0 aromatic heterocycles. The smallest absolute Gasteiger partial charge is 0.323 e. The average Bonchev–Trinajstić information content (AvgIpc) is 3.23. The summed E-state index contributed by atoms with van der Waals surface area (Å²) in [5.74, 6) is 1.88. The standard InChI is InChI=1S/C17H15FN2O3S/c18-12-2-1-3-13(9-12)19-17(21)20-6-7-24-16(20)11-4-5-14-15(8-11)23-10-22-14/h1-5,8-9,16H,6-7,10H2,(H,19,21). The van der Waals surface area contributed by atoms with Crippen LogP contribution < -0.4 is 14.8 Å². The molecule has 0 spiro atoms. The van der Waals surface area contributed by atoms with Gasteiger partial charge in [-0.3, -0.25) is 0 Å². The highest BCUT2D eigenvalue weighted by Gasteiger charge is 2.31. The number of fused-ring (bicyclic) bond motifs is 1. The Bertz CT molecular complexity index is 786. The van der Waals surface area contributed by atoms with Crippen LogP contribution in [0.15, 0.2) is 42.5 Å². The third-order valence-corrected chi connectivity index (χ3v) is 5.17. The number of ether oxygens (including phenoxy) is 2. The maximum Gasteiger partial charge on any atom is 0.323 e. The van der Waals surface area contributed by atoms with E-state index in [2.05, 4.69) is 5.32 Å². The Morgan fingerprint density at radius 2 is 2.08 bits per heavy atom. The molecular weight excluding hydrogens is 331 g/mol. The minimum Gasteiger partial charge on any atom is -0.454 e. The van der Waals surface area contributed by atoms with Crippen molar-refractivity contribution in [3.05, 3.63) is 53.8 Å². The van der Waals surface area contributed by atoms with E-state index < -0.39 is 0 Å². The Morgan fingerprint density at radius 3 is 2.96 bits per heavy atom. The molecule has 2 aliphatic rings. The van der Waals surface area contributed by atoms with Crippen molar-refractivity contribution in [2.45, 2.75) is 5.37 Å². The van der Waals surface area contributed by atoms with Crippen molar-refractivity contribution in [3.63, 3.8) is 0 Å². The number of hydrogen-bond acceptors (Lipinski definition) is 4. The number of carbonyl (C=O) groups is 1. The summed E-state index contributed by atoms with van der Waals surface area (Å²) in [5.41, 5.74) is 1.43. The summed E-state index contributed by atoms with van der Waals surface area (Å²) in [6, 6.07) is 11.4. The second-order valence-electron chi connectivity index (χ2n) is 5.47. The molecule has 2 aliphatic heterocycles. The molecule has 1 unspecified atom stereocenters. The summed E-state index contributed by atoms with van der Waals surface area (Å²) in [6.07, 6.45) is 0. The van der Waals surface area contributed by atoms with Crippen LogP contribution in [-0.2, 0) is 0 Å². The van der Waals surface area contributed by atoms with Gasteiger partial charge in [-0.1, -0.05) is 12.1 Å². The number of anilines is 1. The Kier molecular flexibility index (Phi) is 3.93. The first-order valence-electron chi connectivity index (χ1n) is 7.55. The fraction of sp³-hybridized carbons (Fsp3) is 0.235. The zero-order chi connectivity index (χ0) is 16.5. The lowest BCUT2D eigenvalue weighted by Gasteiger charge is -2.24. The number of amides is 2. The van der Waals surface area contributed by atoms with Gasteiger partial charge in [0.15, 0.2) is 11.5 Å². The molecule has 1 atom stereocenters. The lowest BCUT2D eigenvalue weighted by Crippen LogP contribution is -2.34. The number of nitrogens with one attached hydrogen (secondary N) is 1. The highest BCUT2D eigenvalue weighted by atomic mass is 32.2. The number of benzene rings is 2. The summed E-state index contributed by atoms with van der Waals surface area (Å²) in [4.78, 5) is 14.3. The van der Waals surface area contributed by atoms with Crippen LogP contribution in [0.4, 0.5) is 14.9 Å². The lowest BCUT2D eigenvalue weighted by atomic mass is 10.2. The Balaban J connectivity index is 1.53. The van der Waals surface area contributed by atoms with Crippen LogP contribution in [0.25, 0.3) is 0 Å². The van der Waals surface area contributed by atoms with Gasteiger partial charge >= 0.3 is 6.03 Å². The topological polar surface area (TPSA) is 50.8 Å². The van der Waals surface area contributed by atoms with Crippen molar-refractivity contribution in [2.24, 2.45) is 0 Å². The molecule has 0 aliphatic carbocycles. The van der Waals surface area contributed by atoms with Gasteiger partial charge < -0.3 is 19.7 Å². The summed E-state index contributed by atoms with van der Waals surface area (Å²) in [7, 11) is 0. The number of urea groups is 1. The fourth-order valence-electron chi connectivity index (χ4n) is 2.78. The third kappa shape index (κ3) is 2.87. The molecule has 2 aromatic rings. The summed E-state index contributed by atoms with van der Waals surface area (Å²) in [5, 5.41) is 2.65. The molecule has 4 rings (SSSR count). The van der Waals surface area contributed by atoms with Crippen molar-refractivity contribution in [1.82, 2.24) is 4.90 Å². The van der Waals surface area contributed by atoms with E-state index in [1.165, 1.54) is 12.1 Å². The van der Waals surface area contributed by atoms with E-state index >= 15 is 0 Å². The van der Waals surface area contributed by atoms with Gasteiger partial charge in [0.25, 0.3) is 0 Å². The van der Waals surface area contributed by atoms with Gasteiger partial charge in [-0.05, 0) is 35.9 Å². The highest BCUT2D eigenvalue weighted by Crippen LogP contribution is 2.42. The Labute approximate surface area is 142 Å². The highest BCUT2D eigenvalue weighted by molar-refractivity contribution is 7.99. The molecule has 2 amide bonds. The van der Waals surface area contributed by atoms with Crippen LogP contribution in [0.3, 0.4) is 0 Å². The van der Waals surface area contributed by atoms with Crippen molar-refractivity contribution >= 4 is 23.5 Å².